The first-order valence-corrected chi connectivity index (χ1v) is 4.84. The Bertz CT molecular complexity index is 376. The molecule has 0 amide bonds. The Morgan fingerprint density at radius 1 is 1.44 bits per heavy atom. The van der Waals surface area contributed by atoms with E-state index in [0.29, 0.717) is 13.2 Å². The van der Waals surface area contributed by atoms with Crippen LogP contribution in [0.15, 0.2) is 18.2 Å². The van der Waals surface area contributed by atoms with Gasteiger partial charge in [-0.15, -0.1) is 0 Å². The van der Waals surface area contributed by atoms with Gasteiger partial charge < -0.3 is 19.8 Å². The molecule has 88 valence electrons. The smallest absolute Gasteiger partial charge is 0.335 e. The Morgan fingerprint density at radius 2 is 2.12 bits per heavy atom. The number of nitrogens with zero attached hydrogens (tertiary/aromatic N) is 1. The van der Waals surface area contributed by atoms with Gasteiger partial charge in [0.15, 0.2) is 11.5 Å². The van der Waals surface area contributed by atoms with Crippen LogP contribution >= 0.6 is 0 Å². The van der Waals surface area contributed by atoms with Gasteiger partial charge >= 0.3 is 5.97 Å². The van der Waals surface area contributed by atoms with Gasteiger partial charge in [0, 0.05) is 6.54 Å². The molecule has 0 bridgehead atoms. The van der Waals surface area contributed by atoms with Gasteiger partial charge in [0.1, 0.15) is 6.61 Å². The first-order chi connectivity index (χ1) is 7.50. The highest BCUT2D eigenvalue weighted by Crippen LogP contribution is 2.26. The van der Waals surface area contributed by atoms with Crippen molar-refractivity contribution in [3.8, 4) is 11.5 Å². The molecule has 0 unspecified atom stereocenters. The number of aromatic hydroxyl groups is 1. The highest BCUT2D eigenvalue weighted by Gasteiger charge is 2.08. The number of ether oxygens (including phenoxy) is 1. The fourth-order valence-electron chi connectivity index (χ4n) is 1.10. The number of likely N-dealkylation sites (N-methyl/N-ethyl adjacent to an activating group) is 1. The number of carbonyl (C=O) groups is 1. The number of carboxylic acid groups (broad SMARTS) is 1. The van der Waals surface area contributed by atoms with Crippen molar-refractivity contribution in [1.29, 1.82) is 0 Å². The van der Waals surface area contributed by atoms with E-state index in [0.717, 1.165) is 0 Å². The summed E-state index contributed by atoms with van der Waals surface area (Å²) in [5.41, 5.74) is 0.0950. The van der Waals surface area contributed by atoms with E-state index in [1.165, 1.54) is 18.2 Å². The molecular weight excluding hydrogens is 210 g/mol. The van der Waals surface area contributed by atoms with Crippen LogP contribution in [-0.4, -0.2) is 48.3 Å². The van der Waals surface area contributed by atoms with E-state index in [-0.39, 0.29) is 17.1 Å². The first kappa shape index (κ1) is 12.3. The average molecular weight is 225 g/mol. The van der Waals surface area contributed by atoms with E-state index in [9.17, 15) is 9.90 Å². The summed E-state index contributed by atoms with van der Waals surface area (Å²) in [5, 5.41) is 18.2. The zero-order chi connectivity index (χ0) is 12.1. The highest BCUT2D eigenvalue weighted by molar-refractivity contribution is 5.88. The van der Waals surface area contributed by atoms with Gasteiger partial charge in [-0.25, -0.2) is 4.79 Å². The van der Waals surface area contributed by atoms with E-state index < -0.39 is 5.97 Å². The van der Waals surface area contributed by atoms with Crippen LogP contribution in [0.4, 0.5) is 0 Å². The maximum atomic E-state index is 10.7. The molecule has 0 heterocycles. The topological polar surface area (TPSA) is 70.0 Å². The van der Waals surface area contributed by atoms with Crippen molar-refractivity contribution in [1.82, 2.24) is 4.90 Å². The van der Waals surface area contributed by atoms with E-state index in [1.54, 1.807) is 0 Å². The lowest BCUT2D eigenvalue weighted by Crippen LogP contribution is -2.19. The molecule has 0 atom stereocenters. The van der Waals surface area contributed by atoms with Crippen LogP contribution in [0.3, 0.4) is 0 Å². The molecule has 0 spiro atoms. The fraction of sp³-hybridized carbons (Fsp3) is 0.364. The molecule has 0 aliphatic heterocycles. The Balaban J connectivity index is 2.70. The largest absolute Gasteiger partial charge is 0.504 e. The molecule has 1 aromatic rings. The summed E-state index contributed by atoms with van der Waals surface area (Å²) >= 11 is 0. The zero-order valence-electron chi connectivity index (χ0n) is 9.30. The molecule has 0 saturated carbocycles. The van der Waals surface area contributed by atoms with Crippen molar-refractivity contribution < 1.29 is 19.7 Å². The molecule has 16 heavy (non-hydrogen) atoms. The molecule has 1 rings (SSSR count). The molecule has 5 heteroatoms. The summed E-state index contributed by atoms with van der Waals surface area (Å²) in [5.74, 6) is -0.900. The molecule has 1 aromatic carbocycles. The molecule has 0 aromatic heterocycles. The van der Waals surface area contributed by atoms with Crippen molar-refractivity contribution in [3.05, 3.63) is 23.8 Å². The minimum absolute atomic E-state index is 0.0521. The average Bonchev–Trinajstić information content (AvgIpc) is 2.20. The lowest BCUT2D eigenvalue weighted by atomic mass is 10.2. The van der Waals surface area contributed by atoms with Gasteiger partial charge in [0.25, 0.3) is 0 Å². The maximum Gasteiger partial charge on any atom is 0.335 e. The SMILES string of the molecule is CN(C)CCOc1cc(C(=O)O)ccc1O. The number of phenolic OH excluding ortho intramolecular Hbond substituents is 1. The summed E-state index contributed by atoms with van der Waals surface area (Å²) in [6.45, 7) is 1.08. The summed E-state index contributed by atoms with van der Waals surface area (Å²) in [6, 6.07) is 3.96. The standard InChI is InChI=1S/C11H15NO4/c1-12(2)5-6-16-10-7-8(11(14)15)3-4-9(10)13/h3-4,7,13H,5-6H2,1-2H3,(H,14,15). The van der Waals surface area contributed by atoms with Crippen LogP contribution in [0.2, 0.25) is 0 Å². The quantitative estimate of drug-likeness (QED) is 0.783. The number of hydrogen-bond acceptors (Lipinski definition) is 4. The number of carboxylic acids is 1. The van der Waals surface area contributed by atoms with Gasteiger partial charge in [-0.3, -0.25) is 0 Å². The van der Waals surface area contributed by atoms with Gasteiger partial charge in [0.2, 0.25) is 0 Å². The Labute approximate surface area is 93.9 Å². The van der Waals surface area contributed by atoms with Gasteiger partial charge in [0.05, 0.1) is 5.56 Å². The summed E-state index contributed by atoms with van der Waals surface area (Å²) in [4.78, 5) is 12.6. The van der Waals surface area contributed by atoms with E-state index in [4.69, 9.17) is 9.84 Å². The molecule has 2 N–H and O–H groups in total. The maximum absolute atomic E-state index is 10.7. The zero-order valence-corrected chi connectivity index (χ0v) is 9.30. The minimum Gasteiger partial charge on any atom is -0.504 e. The van der Waals surface area contributed by atoms with Gasteiger partial charge in [-0.2, -0.15) is 0 Å². The van der Waals surface area contributed by atoms with Crippen molar-refractivity contribution in [3.63, 3.8) is 0 Å². The number of phenols is 1. The van der Waals surface area contributed by atoms with Gasteiger partial charge in [-0.05, 0) is 32.3 Å². The Kier molecular flexibility index (Phi) is 4.13. The summed E-state index contributed by atoms with van der Waals surface area (Å²) in [7, 11) is 3.80. The second kappa shape index (κ2) is 5.37. The monoisotopic (exact) mass is 225 g/mol. The normalized spacial score (nSPS) is 10.4. The highest BCUT2D eigenvalue weighted by atomic mass is 16.5. The van der Waals surface area contributed by atoms with Crippen LogP contribution in [0.1, 0.15) is 10.4 Å². The predicted molar refractivity (Wildman–Crippen MR) is 59.1 cm³/mol. The van der Waals surface area contributed by atoms with Gasteiger partial charge in [-0.1, -0.05) is 0 Å². The second-order valence-corrected chi connectivity index (χ2v) is 3.64. The molecule has 0 fully saturated rings. The van der Waals surface area contributed by atoms with Crippen LogP contribution < -0.4 is 4.74 Å². The predicted octanol–water partition coefficient (Wildman–Crippen LogP) is 1.03. The van der Waals surface area contributed by atoms with Crippen molar-refractivity contribution >= 4 is 5.97 Å². The van der Waals surface area contributed by atoms with E-state index >= 15 is 0 Å². The Morgan fingerprint density at radius 3 is 2.69 bits per heavy atom. The number of benzene rings is 1. The van der Waals surface area contributed by atoms with Crippen molar-refractivity contribution in [2.75, 3.05) is 27.2 Å². The molecule has 5 nitrogen and oxygen atoms in total. The van der Waals surface area contributed by atoms with Crippen LogP contribution in [0.25, 0.3) is 0 Å². The Hall–Kier alpha value is -1.75. The molecule has 0 aliphatic rings. The third kappa shape index (κ3) is 3.43. The van der Waals surface area contributed by atoms with Crippen LogP contribution in [0.5, 0.6) is 11.5 Å². The van der Waals surface area contributed by atoms with E-state index in [1.807, 2.05) is 19.0 Å². The summed E-state index contributed by atoms with van der Waals surface area (Å²) < 4.78 is 5.28. The number of hydrogen-bond donors (Lipinski definition) is 2. The lowest BCUT2D eigenvalue weighted by molar-refractivity contribution is 0.0696. The van der Waals surface area contributed by atoms with Crippen LogP contribution in [0, 0.1) is 0 Å². The molecular formula is C11H15NO4. The summed E-state index contributed by atoms with van der Waals surface area (Å²) in [6.07, 6.45) is 0. The molecule has 0 aliphatic carbocycles. The van der Waals surface area contributed by atoms with Crippen molar-refractivity contribution in [2.24, 2.45) is 0 Å². The molecule has 0 radical (unpaired) electrons. The third-order valence-electron chi connectivity index (χ3n) is 2.00. The second-order valence-electron chi connectivity index (χ2n) is 3.64. The third-order valence-corrected chi connectivity index (χ3v) is 2.00. The van der Waals surface area contributed by atoms with E-state index in [2.05, 4.69) is 0 Å². The van der Waals surface area contributed by atoms with Crippen molar-refractivity contribution in [2.45, 2.75) is 0 Å². The molecule has 0 saturated heterocycles. The first-order valence-electron chi connectivity index (χ1n) is 4.84. The fourth-order valence-corrected chi connectivity index (χ4v) is 1.10. The number of rotatable bonds is 5. The number of aromatic carboxylic acids is 1. The lowest BCUT2D eigenvalue weighted by Gasteiger charge is -2.12. The van der Waals surface area contributed by atoms with Crippen LogP contribution in [-0.2, 0) is 0 Å². The minimum atomic E-state index is -1.04.